The van der Waals surface area contributed by atoms with Crippen molar-refractivity contribution in [1.82, 2.24) is 5.32 Å². The van der Waals surface area contributed by atoms with E-state index in [1.54, 1.807) is 39.3 Å². The predicted octanol–water partition coefficient (Wildman–Crippen LogP) is 4.04. The lowest BCUT2D eigenvalue weighted by atomic mass is 10.1. The molecule has 6 heteroatoms. The summed E-state index contributed by atoms with van der Waals surface area (Å²) >= 11 is 6.00. The number of benzene rings is 2. The molecule has 134 valence electrons. The van der Waals surface area contributed by atoms with Crippen LogP contribution in [-0.4, -0.2) is 26.2 Å². The first-order valence-electron chi connectivity index (χ1n) is 7.99. The maximum absolute atomic E-state index is 12.5. The van der Waals surface area contributed by atoms with Crippen LogP contribution < -0.4 is 20.1 Å². The van der Waals surface area contributed by atoms with E-state index in [1.165, 1.54) is 0 Å². The molecule has 2 N–H and O–H groups in total. The first-order chi connectivity index (χ1) is 12.0. The number of amides is 1. The van der Waals surface area contributed by atoms with E-state index in [-0.39, 0.29) is 11.9 Å². The molecule has 1 amide bonds. The zero-order valence-electron chi connectivity index (χ0n) is 14.8. The number of ether oxygens (including phenoxy) is 2. The van der Waals surface area contributed by atoms with E-state index in [4.69, 9.17) is 21.1 Å². The average molecular weight is 363 g/mol. The number of nitrogens with one attached hydrogen (secondary N) is 2. The van der Waals surface area contributed by atoms with E-state index in [2.05, 4.69) is 10.6 Å². The third-order valence-corrected chi connectivity index (χ3v) is 4.15. The van der Waals surface area contributed by atoms with Crippen molar-refractivity contribution < 1.29 is 14.3 Å². The van der Waals surface area contributed by atoms with Crippen LogP contribution in [0, 0.1) is 0 Å². The number of hydrogen-bond donors (Lipinski definition) is 2. The third-order valence-electron chi connectivity index (χ3n) is 3.92. The summed E-state index contributed by atoms with van der Waals surface area (Å²) in [5.41, 5.74) is 1.53. The lowest BCUT2D eigenvalue weighted by Gasteiger charge is -2.22. The molecule has 0 aromatic heterocycles. The van der Waals surface area contributed by atoms with Crippen LogP contribution in [0.25, 0.3) is 0 Å². The molecule has 0 saturated carbocycles. The van der Waals surface area contributed by atoms with Gasteiger partial charge in [-0.15, -0.1) is 0 Å². The van der Waals surface area contributed by atoms with Crippen molar-refractivity contribution in [2.75, 3.05) is 19.5 Å². The van der Waals surface area contributed by atoms with Gasteiger partial charge in [-0.3, -0.25) is 10.1 Å². The van der Waals surface area contributed by atoms with Gasteiger partial charge in [-0.05, 0) is 38.1 Å². The molecule has 0 aliphatic heterocycles. The second-order valence-electron chi connectivity index (χ2n) is 5.69. The monoisotopic (exact) mass is 362 g/mol. The van der Waals surface area contributed by atoms with Gasteiger partial charge in [-0.25, -0.2) is 0 Å². The van der Waals surface area contributed by atoms with Crippen LogP contribution >= 0.6 is 11.6 Å². The highest BCUT2D eigenvalue weighted by Crippen LogP contribution is 2.28. The molecule has 25 heavy (non-hydrogen) atoms. The van der Waals surface area contributed by atoms with Gasteiger partial charge < -0.3 is 14.8 Å². The van der Waals surface area contributed by atoms with E-state index in [1.807, 2.05) is 31.2 Å². The van der Waals surface area contributed by atoms with Crippen molar-refractivity contribution in [3.8, 4) is 11.5 Å². The van der Waals surface area contributed by atoms with Gasteiger partial charge in [-0.1, -0.05) is 29.8 Å². The molecule has 0 aliphatic rings. The molecular formula is C19H23ClN2O3. The number of hydrogen-bond acceptors (Lipinski definition) is 4. The van der Waals surface area contributed by atoms with E-state index in [0.29, 0.717) is 16.5 Å². The van der Waals surface area contributed by atoms with Crippen molar-refractivity contribution in [2.45, 2.75) is 25.9 Å². The topological polar surface area (TPSA) is 59.6 Å². The van der Waals surface area contributed by atoms with Gasteiger partial charge in [-0.2, -0.15) is 0 Å². The van der Waals surface area contributed by atoms with Crippen molar-refractivity contribution in [3.63, 3.8) is 0 Å². The fraction of sp³-hybridized carbons (Fsp3) is 0.316. The summed E-state index contributed by atoms with van der Waals surface area (Å²) in [5, 5.41) is 6.65. The number of rotatable bonds is 7. The molecule has 5 nitrogen and oxygen atoms in total. The lowest BCUT2D eigenvalue weighted by Crippen LogP contribution is -2.39. The number of methoxy groups -OCH3 is 2. The first-order valence-corrected chi connectivity index (χ1v) is 8.37. The molecule has 0 aliphatic carbocycles. The Hall–Kier alpha value is -2.24. The molecule has 0 bridgehead atoms. The van der Waals surface area contributed by atoms with Crippen LogP contribution in [0.15, 0.2) is 42.5 Å². The normalized spacial score (nSPS) is 13.0. The lowest BCUT2D eigenvalue weighted by molar-refractivity contribution is -0.118. The van der Waals surface area contributed by atoms with Crippen LogP contribution in [0.2, 0.25) is 5.02 Å². The molecule has 0 heterocycles. The maximum Gasteiger partial charge on any atom is 0.241 e. The van der Waals surface area contributed by atoms with Crippen LogP contribution in [-0.2, 0) is 4.79 Å². The Morgan fingerprint density at radius 1 is 1.04 bits per heavy atom. The van der Waals surface area contributed by atoms with Crippen LogP contribution in [0.5, 0.6) is 11.5 Å². The highest BCUT2D eigenvalue weighted by molar-refractivity contribution is 6.31. The molecule has 2 atom stereocenters. The average Bonchev–Trinajstić information content (AvgIpc) is 2.61. The molecule has 0 radical (unpaired) electrons. The smallest absolute Gasteiger partial charge is 0.241 e. The summed E-state index contributed by atoms with van der Waals surface area (Å²) in [6, 6.07) is 12.3. The summed E-state index contributed by atoms with van der Waals surface area (Å²) in [4.78, 5) is 12.5. The zero-order chi connectivity index (χ0) is 18.4. The minimum absolute atomic E-state index is 0.0573. The summed E-state index contributed by atoms with van der Waals surface area (Å²) in [7, 11) is 3.18. The van der Waals surface area contributed by atoms with Crippen molar-refractivity contribution in [2.24, 2.45) is 0 Å². The van der Waals surface area contributed by atoms with E-state index in [0.717, 1.165) is 11.3 Å². The SMILES string of the molecule is COc1ccc(Cl)cc1NC(=O)[C@@H](C)N[C@@H](C)c1ccccc1OC. The number of halogens is 1. The van der Waals surface area contributed by atoms with Gasteiger partial charge in [0, 0.05) is 16.6 Å². The molecule has 0 saturated heterocycles. The molecule has 0 spiro atoms. The Morgan fingerprint density at radius 2 is 1.72 bits per heavy atom. The summed E-state index contributed by atoms with van der Waals surface area (Å²) in [5.74, 6) is 1.16. The summed E-state index contributed by atoms with van der Waals surface area (Å²) < 4.78 is 10.6. The van der Waals surface area contributed by atoms with Gasteiger partial charge >= 0.3 is 0 Å². The molecule has 2 aromatic rings. The van der Waals surface area contributed by atoms with Gasteiger partial charge in [0.25, 0.3) is 0 Å². The Kier molecular flexibility index (Phi) is 6.67. The second kappa shape index (κ2) is 8.74. The van der Waals surface area contributed by atoms with Crippen LogP contribution in [0.4, 0.5) is 5.69 Å². The number of carbonyl (C=O) groups excluding carboxylic acids is 1. The highest BCUT2D eigenvalue weighted by Gasteiger charge is 2.19. The minimum Gasteiger partial charge on any atom is -0.496 e. The Labute approximate surface area is 153 Å². The number of para-hydroxylation sites is 1. The van der Waals surface area contributed by atoms with Crippen LogP contribution in [0.1, 0.15) is 25.5 Å². The second-order valence-corrected chi connectivity index (χ2v) is 6.12. The summed E-state index contributed by atoms with van der Waals surface area (Å²) in [6.07, 6.45) is 0. The van der Waals surface area contributed by atoms with Gasteiger partial charge in [0.2, 0.25) is 5.91 Å². The molecule has 0 unspecified atom stereocenters. The largest absolute Gasteiger partial charge is 0.496 e. The van der Waals surface area contributed by atoms with Gasteiger partial charge in [0.15, 0.2) is 0 Å². The Bertz CT molecular complexity index is 736. The molecule has 2 rings (SSSR count). The van der Waals surface area contributed by atoms with E-state index >= 15 is 0 Å². The molecule has 2 aromatic carbocycles. The van der Waals surface area contributed by atoms with E-state index < -0.39 is 6.04 Å². The quantitative estimate of drug-likeness (QED) is 0.780. The number of carbonyl (C=O) groups is 1. The van der Waals surface area contributed by atoms with Crippen molar-refractivity contribution >= 4 is 23.2 Å². The number of anilines is 1. The summed E-state index contributed by atoms with van der Waals surface area (Å²) in [6.45, 7) is 3.79. The first kappa shape index (κ1) is 19.1. The predicted molar refractivity (Wildman–Crippen MR) is 101 cm³/mol. The van der Waals surface area contributed by atoms with Crippen LogP contribution in [0.3, 0.4) is 0 Å². The fourth-order valence-corrected chi connectivity index (χ4v) is 2.76. The van der Waals surface area contributed by atoms with Gasteiger partial charge in [0.1, 0.15) is 11.5 Å². The van der Waals surface area contributed by atoms with E-state index in [9.17, 15) is 4.79 Å². The minimum atomic E-state index is -0.427. The third kappa shape index (κ3) is 4.87. The molecule has 0 fully saturated rings. The maximum atomic E-state index is 12.5. The Balaban J connectivity index is 2.06. The fourth-order valence-electron chi connectivity index (χ4n) is 2.58. The van der Waals surface area contributed by atoms with Gasteiger partial charge in [0.05, 0.1) is 25.9 Å². The molecular weight excluding hydrogens is 340 g/mol. The highest BCUT2D eigenvalue weighted by atomic mass is 35.5. The standard InChI is InChI=1S/C19H23ClN2O3/c1-12(15-7-5-6-8-17(15)24-3)21-13(2)19(23)22-16-11-14(20)9-10-18(16)25-4/h5-13,21H,1-4H3,(H,22,23)/t12-,13+/m0/s1. The van der Waals surface area contributed by atoms with Crippen molar-refractivity contribution in [1.29, 1.82) is 0 Å². The Morgan fingerprint density at radius 3 is 2.40 bits per heavy atom. The zero-order valence-corrected chi connectivity index (χ0v) is 15.6. The van der Waals surface area contributed by atoms with Crippen molar-refractivity contribution in [3.05, 3.63) is 53.1 Å².